The van der Waals surface area contributed by atoms with Crippen molar-refractivity contribution in [1.82, 2.24) is 0 Å². The minimum absolute atomic E-state index is 0.229. The number of rotatable bonds is 1. The molecule has 4 heteroatoms. The lowest BCUT2D eigenvalue weighted by molar-refractivity contribution is -0.567. The molecule has 0 amide bonds. The molecule has 0 aliphatic rings. The molecule has 0 saturated heterocycles. The number of benzene rings is 3. The molecule has 4 aromatic rings. The molecule has 118 valence electrons. The van der Waals surface area contributed by atoms with Crippen molar-refractivity contribution in [2.45, 2.75) is 6.18 Å². The SMILES string of the molecule is FC(F)(F)c1cc[n+](-c2ccccc2)c2ccc3ccccc3c12. The molecule has 0 fully saturated rings. The number of pyridine rings is 1. The van der Waals surface area contributed by atoms with Crippen molar-refractivity contribution < 1.29 is 17.7 Å². The first-order valence-corrected chi connectivity index (χ1v) is 7.54. The molecule has 0 N–H and O–H groups in total. The number of fused-ring (bicyclic) bond motifs is 3. The number of para-hydroxylation sites is 1. The smallest absolute Gasteiger partial charge is 0.166 e. The molecule has 1 heterocycles. The zero-order valence-electron chi connectivity index (χ0n) is 12.6. The van der Waals surface area contributed by atoms with E-state index in [0.717, 1.165) is 17.1 Å². The lowest BCUT2D eigenvalue weighted by Crippen LogP contribution is -2.32. The molecule has 0 bridgehead atoms. The number of hydrogen-bond donors (Lipinski definition) is 0. The van der Waals surface area contributed by atoms with E-state index in [4.69, 9.17) is 0 Å². The minimum atomic E-state index is -4.40. The average Bonchev–Trinajstić information content (AvgIpc) is 2.60. The Morgan fingerprint density at radius 3 is 2.17 bits per heavy atom. The van der Waals surface area contributed by atoms with Crippen LogP contribution >= 0.6 is 0 Å². The van der Waals surface area contributed by atoms with Gasteiger partial charge >= 0.3 is 6.18 Å². The minimum Gasteiger partial charge on any atom is -0.166 e. The van der Waals surface area contributed by atoms with Crippen molar-refractivity contribution in [3.05, 3.63) is 84.6 Å². The molecule has 0 atom stereocenters. The number of nitrogens with zero attached hydrogens (tertiary/aromatic N) is 1. The largest absolute Gasteiger partial charge is 0.417 e. The van der Waals surface area contributed by atoms with Gasteiger partial charge in [0.25, 0.3) is 0 Å². The average molecular weight is 324 g/mol. The summed E-state index contributed by atoms with van der Waals surface area (Å²) in [4.78, 5) is 0. The van der Waals surface area contributed by atoms with Crippen LogP contribution in [0.2, 0.25) is 0 Å². The maximum atomic E-state index is 13.6. The van der Waals surface area contributed by atoms with Crippen LogP contribution in [0.4, 0.5) is 13.2 Å². The fourth-order valence-electron chi connectivity index (χ4n) is 3.11. The summed E-state index contributed by atoms with van der Waals surface area (Å²) < 4.78 is 42.5. The van der Waals surface area contributed by atoms with Gasteiger partial charge in [0.05, 0.1) is 10.9 Å². The fourth-order valence-corrected chi connectivity index (χ4v) is 3.11. The molecule has 1 nitrogen and oxygen atoms in total. The fraction of sp³-hybridized carbons (Fsp3) is 0.0500. The molecule has 0 aliphatic carbocycles. The highest BCUT2D eigenvalue weighted by Gasteiger charge is 2.35. The lowest BCUT2D eigenvalue weighted by Gasteiger charge is -2.12. The predicted octanol–water partition coefficient (Wildman–Crippen LogP) is 5.29. The highest BCUT2D eigenvalue weighted by molar-refractivity contribution is 6.07. The third-order valence-electron chi connectivity index (χ3n) is 4.17. The maximum absolute atomic E-state index is 13.6. The van der Waals surface area contributed by atoms with Crippen molar-refractivity contribution in [3.63, 3.8) is 0 Å². The van der Waals surface area contributed by atoms with E-state index < -0.39 is 11.7 Å². The Balaban J connectivity index is 2.18. The van der Waals surface area contributed by atoms with Crippen molar-refractivity contribution in [1.29, 1.82) is 0 Å². The number of aromatic nitrogens is 1. The summed E-state index contributed by atoms with van der Waals surface area (Å²) in [6, 6.07) is 21.3. The quantitative estimate of drug-likeness (QED) is 0.331. The molecular weight excluding hydrogens is 311 g/mol. The Bertz CT molecular complexity index is 1040. The van der Waals surface area contributed by atoms with Gasteiger partial charge < -0.3 is 0 Å². The first-order chi connectivity index (χ1) is 11.6. The zero-order valence-corrected chi connectivity index (χ0v) is 12.6. The Labute approximate surface area is 136 Å². The Hall–Kier alpha value is -2.88. The van der Waals surface area contributed by atoms with E-state index >= 15 is 0 Å². The molecule has 4 rings (SSSR count). The van der Waals surface area contributed by atoms with Crippen LogP contribution in [0.5, 0.6) is 0 Å². The van der Waals surface area contributed by atoms with Gasteiger partial charge in [-0.2, -0.15) is 17.7 Å². The topological polar surface area (TPSA) is 3.88 Å². The van der Waals surface area contributed by atoms with Gasteiger partial charge in [0, 0.05) is 24.3 Å². The van der Waals surface area contributed by atoms with Crippen LogP contribution < -0.4 is 4.57 Å². The normalized spacial score (nSPS) is 12.0. The van der Waals surface area contributed by atoms with Gasteiger partial charge in [-0.05, 0) is 16.8 Å². The van der Waals surface area contributed by atoms with E-state index in [2.05, 4.69) is 0 Å². The van der Waals surface area contributed by atoms with Gasteiger partial charge in [0.2, 0.25) is 11.2 Å². The molecule has 1 aromatic heterocycles. The van der Waals surface area contributed by atoms with Crippen molar-refractivity contribution in [3.8, 4) is 5.69 Å². The van der Waals surface area contributed by atoms with Gasteiger partial charge in [-0.15, -0.1) is 0 Å². The summed E-state index contributed by atoms with van der Waals surface area (Å²) >= 11 is 0. The van der Waals surface area contributed by atoms with Gasteiger partial charge in [0.1, 0.15) is 0 Å². The third kappa shape index (κ3) is 2.31. The summed E-state index contributed by atoms with van der Waals surface area (Å²) in [6.07, 6.45) is -2.92. The number of hydrogen-bond acceptors (Lipinski definition) is 0. The molecule has 3 aromatic carbocycles. The van der Waals surface area contributed by atoms with Gasteiger partial charge in [-0.25, -0.2) is 0 Å². The maximum Gasteiger partial charge on any atom is 0.417 e. The van der Waals surface area contributed by atoms with Gasteiger partial charge in [-0.3, -0.25) is 0 Å². The second-order valence-corrected chi connectivity index (χ2v) is 5.61. The second kappa shape index (κ2) is 5.34. The van der Waals surface area contributed by atoms with Gasteiger partial charge in [-0.1, -0.05) is 42.5 Å². The molecule has 0 unspecified atom stereocenters. The number of alkyl halides is 3. The zero-order chi connectivity index (χ0) is 16.7. The van der Waals surface area contributed by atoms with Crippen molar-refractivity contribution in [2.24, 2.45) is 0 Å². The van der Waals surface area contributed by atoms with E-state index in [1.54, 1.807) is 22.8 Å². The standard InChI is InChI=1S/C20H13F3N/c21-20(22,23)17-12-13-24(15-7-2-1-3-8-15)18-11-10-14-6-4-5-9-16(14)19(17)18/h1-13H/q+1. The highest BCUT2D eigenvalue weighted by Crippen LogP contribution is 2.37. The van der Waals surface area contributed by atoms with Crippen LogP contribution in [0, 0.1) is 0 Å². The van der Waals surface area contributed by atoms with Crippen LogP contribution in [0.15, 0.2) is 79.0 Å². The van der Waals surface area contributed by atoms with Gasteiger partial charge in [0.15, 0.2) is 6.20 Å². The third-order valence-corrected chi connectivity index (χ3v) is 4.17. The molecule has 0 radical (unpaired) electrons. The molecule has 0 saturated carbocycles. The van der Waals surface area contributed by atoms with Crippen molar-refractivity contribution in [2.75, 3.05) is 0 Å². The molecule has 0 aliphatic heterocycles. The monoisotopic (exact) mass is 324 g/mol. The number of halogens is 3. The van der Waals surface area contributed by atoms with Crippen LogP contribution in [0.25, 0.3) is 27.4 Å². The summed E-state index contributed by atoms with van der Waals surface area (Å²) in [7, 11) is 0. The Morgan fingerprint density at radius 1 is 0.708 bits per heavy atom. The molecule has 24 heavy (non-hydrogen) atoms. The van der Waals surface area contributed by atoms with E-state index in [1.165, 1.54) is 6.20 Å². The predicted molar refractivity (Wildman–Crippen MR) is 88.0 cm³/mol. The second-order valence-electron chi connectivity index (χ2n) is 5.61. The van der Waals surface area contributed by atoms with E-state index in [0.29, 0.717) is 10.9 Å². The van der Waals surface area contributed by atoms with E-state index in [9.17, 15) is 13.2 Å². The molecule has 0 spiro atoms. The Kier molecular flexibility index (Phi) is 3.27. The first-order valence-electron chi connectivity index (χ1n) is 7.54. The van der Waals surface area contributed by atoms with Crippen molar-refractivity contribution >= 4 is 21.7 Å². The first kappa shape index (κ1) is 14.7. The highest BCUT2D eigenvalue weighted by atomic mass is 19.4. The molecular formula is C20H13F3N+. The van der Waals surface area contributed by atoms with Crippen LogP contribution in [0.1, 0.15) is 5.56 Å². The Morgan fingerprint density at radius 2 is 1.42 bits per heavy atom. The van der Waals surface area contributed by atoms with Crippen LogP contribution in [-0.2, 0) is 6.18 Å². The summed E-state index contributed by atoms with van der Waals surface area (Å²) in [5.41, 5.74) is 0.753. The summed E-state index contributed by atoms with van der Waals surface area (Å²) in [5.74, 6) is 0. The summed E-state index contributed by atoms with van der Waals surface area (Å²) in [5, 5.41) is 1.63. The lowest BCUT2D eigenvalue weighted by atomic mass is 10.00. The van der Waals surface area contributed by atoms with Crippen LogP contribution in [-0.4, -0.2) is 0 Å². The van der Waals surface area contributed by atoms with E-state index in [-0.39, 0.29) is 5.39 Å². The summed E-state index contributed by atoms with van der Waals surface area (Å²) in [6.45, 7) is 0. The van der Waals surface area contributed by atoms with Crippen LogP contribution in [0.3, 0.4) is 0 Å². The van der Waals surface area contributed by atoms with E-state index in [1.807, 2.05) is 48.5 Å².